The first kappa shape index (κ1) is 9.58. The number of aryl methyl sites for hydroxylation is 1. The van der Waals surface area contributed by atoms with Gasteiger partial charge in [-0.05, 0) is 21.8 Å². The normalized spacial score (nSPS) is 10.8. The molecule has 0 saturated heterocycles. The van der Waals surface area contributed by atoms with Gasteiger partial charge in [0.15, 0.2) is 0 Å². The van der Waals surface area contributed by atoms with Crippen LogP contribution in [0.1, 0.15) is 13.8 Å². The average molecular weight is 232 g/mol. The van der Waals surface area contributed by atoms with Gasteiger partial charge >= 0.3 is 0 Å². The monoisotopic (exact) mass is 231 g/mol. The van der Waals surface area contributed by atoms with E-state index in [-0.39, 0.29) is 0 Å². The van der Waals surface area contributed by atoms with Gasteiger partial charge in [-0.15, -0.1) is 0 Å². The summed E-state index contributed by atoms with van der Waals surface area (Å²) in [6.07, 6.45) is 1.83. The number of nitrogens with one attached hydrogen (secondary N) is 1. The van der Waals surface area contributed by atoms with Crippen LogP contribution in [0, 0.1) is 5.92 Å². The molecule has 1 N–H and O–H groups in total. The van der Waals surface area contributed by atoms with Crippen LogP contribution in [0.25, 0.3) is 0 Å². The summed E-state index contributed by atoms with van der Waals surface area (Å²) in [4.78, 5) is 0. The molecule has 1 rings (SSSR count). The number of rotatable bonds is 3. The molecule has 1 heterocycles. The maximum atomic E-state index is 4.10. The Morgan fingerprint density at radius 2 is 2.33 bits per heavy atom. The van der Waals surface area contributed by atoms with Crippen LogP contribution in [-0.2, 0) is 7.05 Å². The van der Waals surface area contributed by atoms with E-state index in [1.54, 1.807) is 4.68 Å². The SMILES string of the molecule is CC(C)CNc1cnn(C)c1Br. The van der Waals surface area contributed by atoms with E-state index in [0.717, 1.165) is 16.8 Å². The van der Waals surface area contributed by atoms with Crippen molar-refractivity contribution in [1.29, 1.82) is 0 Å². The Balaban J connectivity index is 2.58. The Kier molecular flexibility index (Phi) is 3.14. The minimum atomic E-state index is 0.650. The smallest absolute Gasteiger partial charge is 0.126 e. The van der Waals surface area contributed by atoms with Crippen molar-refractivity contribution in [3.63, 3.8) is 0 Å². The summed E-state index contributed by atoms with van der Waals surface area (Å²) in [5.74, 6) is 0.650. The van der Waals surface area contributed by atoms with E-state index in [1.165, 1.54) is 0 Å². The van der Waals surface area contributed by atoms with E-state index < -0.39 is 0 Å². The Morgan fingerprint density at radius 3 is 2.75 bits per heavy atom. The van der Waals surface area contributed by atoms with Crippen molar-refractivity contribution in [3.8, 4) is 0 Å². The lowest BCUT2D eigenvalue weighted by atomic mass is 10.2. The second-order valence-corrected chi connectivity index (χ2v) is 4.00. The van der Waals surface area contributed by atoms with Crippen molar-refractivity contribution in [2.45, 2.75) is 13.8 Å². The van der Waals surface area contributed by atoms with Gasteiger partial charge in [-0.1, -0.05) is 13.8 Å². The highest BCUT2D eigenvalue weighted by molar-refractivity contribution is 9.10. The van der Waals surface area contributed by atoms with Crippen LogP contribution >= 0.6 is 15.9 Å². The Morgan fingerprint density at radius 1 is 1.67 bits per heavy atom. The molecule has 0 saturated carbocycles. The number of aromatic nitrogens is 2. The molecule has 0 aliphatic carbocycles. The number of anilines is 1. The van der Waals surface area contributed by atoms with Crippen LogP contribution in [0.5, 0.6) is 0 Å². The average Bonchev–Trinajstić information content (AvgIpc) is 2.30. The molecule has 1 aromatic heterocycles. The first-order valence-electron chi connectivity index (χ1n) is 4.02. The molecular formula is C8H14BrN3. The quantitative estimate of drug-likeness (QED) is 0.866. The number of hydrogen-bond donors (Lipinski definition) is 1. The van der Waals surface area contributed by atoms with E-state index in [1.807, 2.05) is 13.2 Å². The van der Waals surface area contributed by atoms with Crippen molar-refractivity contribution in [2.24, 2.45) is 13.0 Å². The zero-order valence-electron chi connectivity index (χ0n) is 7.63. The van der Waals surface area contributed by atoms with Gasteiger partial charge in [-0.2, -0.15) is 5.10 Å². The molecule has 0 aliphatic heterocycles. The highest BCUT2D eigenvalue weighted by Crippen LogP contribution is 2.20. The predicted octanol–water partition coefficient (Wildman–Crippen LogP) is 2.25. The topological polar surface area (TPSA) is 29.9 Å². The Labute approximate surface area is 81.3 Å². The highest BCUT2D eigenvalue weighted by Gasteiger charge is 2.04. The van der Waals surface area contributed by atoms with Crippen molar-refractivity contribution in [1.82, 2.24) is 9.78 Å². The fraction of sp³-hybridized carbons (Fsp3) is 0.625. The minimum Gasteiger partial charge on any atom is -0.381 e. The van der Waals surface area contributed by atoms with Gasteiger partial charge in [-0.3, -0.25) is 4.68 Å². The Hall–Kier alpha value is -0.510. The van der Waals surface area contributed by atoms with Gasteiger partial charge < -0.3 is 5.32 Å². The molecule has 68 valence electrons. The fourth-order valence-electron chi connectivity index (χ4n) is 0.855. The van der Waals surface area contributed by atoms with Gasteiger partial charge in [0.2, 0.25) is 0 Å². The molecule has 12 heavy (non-hydrogen) atoms. The first-order valence-corrected chi connectivity index (χ1v) is 4.82. The van der Waals surface area contributed by atoms with E-state index >= 15 is 0 Å². The van der Waals surface area contributed by atoms with Crippen LogP contribution in [0.15, 0.2) is 10.8 Å². The molecule has 0 unspecified atom stereocenters. The lowest BCUT2D eigenvalue weighted by molar-refractivity contribution is 0.688. The van der Waals surface area contributed by atoms with E-state index in [9.17, 15) is 0 Å². The molecule has 1 aromatic rings. The molecular weight excluding hydrogens is 218 g/mol. The van der Waals surface area contributed by atoms with Crippen LogP contribution in [0.3, 0.4) is 0 Å². The summed E-state index contributed by atoms with van der Waals surface area (Å²) in [6.45, 7) is 5.33. The van der Waals surface area contributed by atoms with Gasteiger partial charge in [0, 0.05) is 13.6 Å². The molecule has 0 spiro atoms. The molecule has 0 bridgehead atoms. The maximum absolute atomic E-state index is 4.10. The summed E-state index contributed by atoms with van der Waals surface area (Å²) in [6, 6.07) is 0. The van der Waals surface area contributed by atoms with E-state index in [2.05, 4.69) is 40.2 Å². The molecule has 3 nitrogen and oxygen atoms in total. The van der Waals surface area contributed by atoms with Gasteiger partial charge in [0.25, 0.3) is 0 Å². The largest absolute Gasteiger partial charge is 0.381 e. The minimum absolute atomic E-state index is 0.650. The van der Waals surface area contributed by atoms with Crippen molar-refractivity contribution in [3.05, 3.63) is 10.8 Å². The molecule has 0 fully saturated rings. The summed E-state index contributed by atoms with van der Waals surface area (Å²) in [5.41, 5.74) is 1.06. The second kappa shape index (κ2) is 3.94. The number of halogens is 1. The van der Waals surface area contributed by atoms with Crippen molar-refractivity contribution in [2.75, 3.05) is 11.9 Å². The third kappa shape index (κ3) is 2.24. The summed E-state index contributed by atoms with van der Waals surface area (Å²) >= 11 is 3.44. The van der Waals surface area contributed by atoms with Crippen LogP contribution in [0.4, 0.5) is 5.69 Å². The number of nitrogens with zero attached hydrogens (tertiary/aromatic N) is 2. The standard InChI is InChI=1S/C8H14BrN3/c1-6(2)4-10-7-5-11-12(3)8(7)9/h5-6,10H,4H2,1-3H3. The van der Waals surface area contributed by atoms with Crippen molar-refractivity contribution < 1.29 is 0 Å². The molecule has 0 aliphatic rings. The fourth-order valence-corrected chi connectivity index (χ4v) is 1.19. The molecule has 0 aromatic carbocycles. The van der Waals surface area contributed by atoms with Crippen LogP contribution < -0.4 is 5.32 Å². The predicted molar refractivity (Wildman–Crippen MR) is 54.2 cm³/mol. The third-order valence-electron chi connectivity index (χ3n) is 1.57. The first-order chi connectivity index (χ1) is 5.61. The zero-order chi connectivity index (χ0) is 9.14. The summed E-state index contributed by atoms with van der Waals surface area (Å²) < 4.78 is 2.80. The lowest BCUT2D eigenvalue weighted by Gasteiger charge is -2.06. The molecule has 4 heteroatoms. The summed E-state index contributed by atoms with van der Waals surface area (Å²) in [7, 11) is 1.91. The second-order valence-electron chi connectivity index (χ2n) is 3.25. The van der Waals surface area contributed by atoms with Crippen LogP contribution in [0.2, 0.25) is 0 Å². The molecule has 0 radical (unpaired) electrons. The zero-order valence-corrected chi connectivity index (χ0v) is 9.22. The van der Waals surface area contributed by atoms with E-state index in [4.69, 9.17) is 0 Å². The van der Waals surface area contributed by atoms with E-state index in [0.29, 0.717) is 5.92 Å². The maximum Gasteiger partial charge on any atom is 0.126 e. The van der Waals surface area contributed by atoms with Gasteiger partial charge in [0.1, 0.15) is 4.60 Å². The highest BCUT2D eigenvalue weighted by atomic mass is 79.9. The summed E-state index contributed by atoms with van der Waals surface area (Å²) in [5, 5.41) is 7.40. The molecule has 0 atom stereocenters. The van der Waals surface area contributed by atoms with Gasteiger partial charge in [0.05, 0.1) is 11.9 Å². The van der Waals surface area contributed by atoms with Crippen LogP contribution in [-0.4, -0.2) is 16.3 Å². The number of hydrogen-bond acceptors (Lipinski definition) is 2. The lowest BCUT2D eigenvalue weighted by Crippen LogP contribution is -2.07. The van der Waals surface area contributed by atoms with Gasteiger partial charge in [-0.25, -0.2) is 0 Å². The van der Waals surface area contributed by atoms with Crippen molar-refractivity contribution >= 4 is 21.6 Å². The third-order valence-corrected chi connectivity index (χ3v) is 2.51. The molecule has 0 amide bonds. The Bertz CT molecular complexity index is 255.